The van der Waals surface area contributed by atoms with Gasteiger partial charge in [-0.25, -0.2) is 0 Å². The molecule has 1 saturated heterocycles. The molecule has 70 valence electrons. The van der Waals surface area contributed by atoms with Gasteiger partial charge in [-0.3, -0.25) is 4.98 Å². The summed E-state index contributed by atoms with van der Waals surface area (Å²) in [7, 11) is 0. The van der Waals surface area contributed by atoms with Crippen molar-refractivity contribution in [3.05, 3.63) is 30.1 Å². The maximum Gasteiger partial charge on any atom is 0.0407 e. The molecule has 0 radical (unpaired) electrons. The normalized spacial score (nSPS) is 28.7. The standard InChI is InChI=1S/C11H16N2/c1-11(6-2-3-7-13-11)10-4-8-12-9-5-10/h4-5,8-9,13H,2-3,6-7H2,1H3. The van der Waals surface area contributed by atoms with Crippen LogP contribution in [0.15, 0.2) is 24.5 Å². The zero-order valence-corrected chi connectivity index (χ0v) is 8.09. The summed E-state index contributed by atoms with van der Waals surface area (Å²) < 4.78 is 0. The molecular weight excluding hydrogens is 160 g/mol. The van der Waals surface area contributed by atoms with Gasteiger partial charge in [0.05, 0.1) is 0 Å². The first-order valence-electron chi connectivity index (χ1n) is 4.97. The van der Waals surface area contributed by atoms with Gasteiger partial charge in [0.15, 0.2) is 0 Å². The van der Waals surface area contributed by atoms with E-state index in [4.69, 9.17) is 0 Å². The van der Waals surface area contributed by atoms with E-state index in [0.717, 1.165) is 6.54 Å². The quantitative estimate of drug-likeness (QED) is 0.708. The Kier molecular flexibility index (Phi) is 2.32. The van der Waals surface area contributed by atoms with Crippen LogP contribution in [0.25, 0.3) is 0 Å². The topological polar surface area (TPSA) is 24.9 Å². The fourth-order valence-electron chi connectivity index (χ4n) is 2.02. The molecule has 0 saturated carbocycles. The minimum absolute atomic E-state index is 0.182. The van der Waals surface area contributed by atoms with Crippen molar-refractivity contribution >= 4 is 0 Å². The molecule has 1 aromatic heterocycles. The Bertz CT molecular complexity index is 263. The van der Waals surface area contributed by atoms with E-state index in [0.29, 0.717) is 0 Å². The number of hydrogen-bond donors (Lipinski definition) is 1. The smallest absolute Gasteiger partial charge is 0.0407 e. The lowest BCUT2D eigenvalue weighted by Gasteiger charge is -2.35. The Hall–Kier alpha value is -0.890. The summed E-state index contributed by atoms with van der Waals surface area (Å²) in [5, 5.41) is 3.58. The maximum absolute atomic E-state index is 4.04. The molecule has 2 rings (SSSR count). The summed E-state index contributed by atoms with van der Waals surface area (Å²) in [5.74, 6) is 0. The Morgan fingerprint density at radius 1 is 1.31 bits per heavy atom. The van der Waals surface area contributed by atoms with Gasteiger partial charge in [0.2, 0.25) is 0 Å². The van der Waals surface area contributed by atoms with Crippen molar-refractivity contribution in [2.45, 2.75) is 31.7 Å². The van der Waals surface area contributed by atoms with Crippen LogP contribution in [0.2, 0.25) is 0 Å². The minimum atomic E-state index is 0.182. The molecule has 0 aliphatic carbocycles. The highest BCUT2D eigenvalue weighted by atomic mass is 15.0. The molecule has 2 heterocycles. The van der Waals surface area contributed by atoms with Crippen LogP contribution in [-0.4, -0.2) is 11.5 Å². The van der Waals surface area contributed by atoms with Crippen molar-refractivity contribution in [3.8, 4) is 0 Å². The zero-order chi connectivity index (χ0) is 9.15. The molecule has 0 spiro atoms. The SMILES string of the molecule is CC1(c2ccncc2)CCCCN1. The highest BCUT2D eigenvalue weighted by Gasteiger charge is 2.27. The van der Waals surface area contributed by atoms with Gasteiger partial charge in [0.25, 0.3) is 0 Å². The van der Waals surface area contributed by atoms with Crippen LogP contribution in [0.1, 0.15) is 31.7 Å². The first kappa shape index (κ1) is 8.70. The molecule has 2 nitrogen and oxygen atoms in total. The minimum Gasteiger partial charge on any atom is -0.308 e. The van der Waals surface area contributed by atoms with Crippen LogP contribution >= 0.6 is 0 Å². The van der Waals surface area contributed by atoms with Crippen LogP contribution in [0, 0.1) is 0 Å². The summed E-state index contributed by atoms with van der Waals surface area (Å²) in [6.45, 7) is 3.42. The van der Waals surface area contributed by atoms with Crippen LogP contribution in [0.4, 0.5) is 0 Å². The third kappa shape index (κ3) is 1.73. The van der Waals surface area contributed by atoms with Gasteiger partial charge in [-0.05, 0) is 44.0 Å². The highest BCUT2D eigenvalue weighted by molar-refractivity contribution is 5.21. The van der Waals surface area contributed by atoms with Crippen molar-refractivity contribution in [2.75, 3.05) is 6.54 Å². The van der Waals surface area contributed by atoms with Crippen molar-refractivity contribution in [1.82, 2.24) is 10.3 Å². The van der Waals surface area contributed by atoms with Crippen molar-refractivity contribution < 1.29 is 0 Å². The monoisotopic (exact) mass is 176 g/mol. The van der Waals surface area contributed by atoms with Gasteiger partial charge in [0, 0.05) is 17.9 Å². The first-order chi connectivity index (χ1) is 6.31. The van der Waals surface area contributed by atoms with E-state index in [1.807, 2.05) is 12.4 Å². The first-order valence-corrected chi connectivity index (χ1v) is 4.97. The summed E-state index contributed by atoms with van der Waals surface area (Å²) in [5.41, 5.74) is 1.54. The predicted molar refractivity (Wildman–Crippen MR) is 53.4 cm³/mol. The number of aromatic nitrogens is 1. The number of piperidine rings is 1. The predicted octanol–water partition coefficient (Wildman–Crippen LogP) is 2.07. The Balaban J connectivity index is 2.23. The van der Waals surface area contributed by atoms with Gasteiger partial charge in [-0.1, -0.05) is 6.42 Å². The Morgan fingerprint density at radius 2 is 2.08 bits per heavy atom. The fourth-order valence-corrected chi connectivity index (χ4v) is 2.02. The lowest BCUT2D eigenvalue weighted by atomic mass is 9.85. The fraction of sp³-hybridized carbons (Fsp3) is 0.545. The Labute approximate surface area is 79.4 Å². The van der Waals surface area contributed by atoms with E-state index in [1.165, 1.54) is 24.8 Å². The van der Waals surface area contributed by atoms with Crippen LogP contribution in [0.3, 0.4) is 0 Å². The average Bonchev–Trinajstić information content (AvgIpc) is 2.20. The second-order valence-electron chi connectivity index (χ2n) is 3.95. The van der Waals surface area contributed by atoms with E-state index < -0.39 is 0 Å². The molecule has 0 bridgehead atoms. The summed E-state index contributed by atoms with van der Waals surface area (Å²) in [6, 6.07) is 4.22. The summed E-state index contributed by atoms with van der Waals surface area (Å²) in [6.07, 6.45) is 7.61. The second-order valence-corrected chi connectivity index (χ2v) is 3.95. The van der Waals surface area contributed by atoms with Crippen molar-refractivity contribution in [2.24, 2.45) is 0 Å². The Morgan fingerprint density at radius 3 is 2.69 bits per heavy atom. The number of nitrogens with zero attached hydrogens (tertiary/aromatic N) is 1. The molecule has 1 N–H and O–H groups in total. The molecule has 1 aliphatic heterocycles. The van der Waals surface area contributed by atoms with Gasteiger partial charge < -0.3 is 5.32 Å². The molecule has 1 unspecified atom stereocenters. The lowest BCUT2D eigenvalue weighted by Crippen LogP contribution is -2.43. The average molecular weight is 176 g/mol. The van der Waals surface area contributed by atoms with Crippen molar-refractivity contribution in [1.29, 1.82) is 0 Å². The zero-order valence-electron chi connectivity index (χ0n) is 8.09. The molecular formula is C11H16N2. The van der Waals surface area contributed by atoms with Crippen LogP contribution in [0.5, 0.6) is 0 Å². The molecule has 0 aromatic carbocycles. The van der Waals surface area contributed by atoms with Gasteiger partial charge in [-0.15, -0.1) is 0 Å². The number of nitrogens with one attached hydrogen (secondary N) is 1. The largest absolute Gasteiger partial charge is 0.308 e. The number of rotatable bonds is 1. The molecule has 0 amide bonds. The van der Waals surface area contributed by atoms with Gasteiger partial charge >= 0.3 is 0 Å². The van der Waals surface area contributed by atoms with E-state index in [-0.39, 0.29) is 5.54 Å². The molecule has 1 fully saturated rings. The molecule has 1 atom stereocenters. The highest BCUT2D eigenvalue weighted by Crippen LogP contribution is 2.28. The van der Waals surface area contributed by atoms with E-state index in [2.05, 4.69) is 29.4 Å². The van der Waals surface area contributed by atoms with Crippen LogP contribution in [-0.2, 0) is 5.54 Å². The van der Waals surface area contributed by atoms with E-state index >= 15 is 0 Å². The molecule has 1 aliphatic rings. The van der Waals surface area contributed by atoms with E-state index in [9.17, 15) is 0 Å². The molecule has 13 heavy (non-hydrogen) atoms. The van der Waals surface area contributed by atoms with Crippen LogP contribution < -0.4 is 5.32 Å². The second kappa shape index (κ2) is 3.46. The maximum atomic E-state index is 4.04. The van der Waals surface area contributed by atoms with Gasteiger partial charge in [-0.2, -0.15) is 0 Å². The third-order valence-electron chi connectivity index (χ3n) is 2.94. The molecule has 2 heteroatoms. The van der Waals surface area contributed by atoms with Gasteiger partial charge in [0.1, 0.15) is 0 Å². The molecule has 1 aromatic rings. The third-order valence-corrected chi connectivity index (χ3v) is 2.94. The summed E-state index contributed by atoms with van der Waals surface area (Å²) in [4.78, 5) is 4.04. The lowest BCUT2D eigenvalue weighted by molar-refractivity contribution is 0.283. The van der Waals surface area contributed by atoms with E-state index in [1.54, 1.807) is 0 Å². The summed E-state index contributed by atoms with van der Waals surface area (Å²) >= 11 is 0. The number of hydrogen-bond acceptors (Lipinski definition) is 2. The number of pyridine rings is 1. The van der Waals surface area contributed by atoms with Crippen molar-refractivity contribution in [3.63, 3.8) is 0 Å².